The second-order valence-corrected chi connectivity index (χ2v) is 9.06. The van der Waals surface area contributed by atoms with Crippen LogP contribution < -0.4 is 0 Å². The standard InChI is InChI=1S/C19H21N5O3S/c1-22-18(16(13-21-22)14-6-7-14)19(25)23-8-10-24(11-9-23)28(26,27)17-5-3-2-4-15(17)12-20/h2-5,13-14H,6-11H2,1H3. The van der Waals surface area contributed by atoms with Gasteiger partial charge in [-0.2, -0.15) is 14.7 Å². The summed E-state index contributed by atoms with van der Waals surface area (Å²) in [5.41, 5.74) is 1.73. The molecule has 4 rings (SSSR count). The summed E-state index contributed by atoms with van der Waals surface area (Å²) < 4.78 is 28.8. The van der Waals surface area contributed by atoms with E-state index in [1.54, 1.807) is 35.0 Å². The lowest BCUT2D eigenvalue weighted by atomic mass is 10.1. The molecule has 0 spiro atoms. The Hall–Kier alpha value is -2.70. The fourth-order valence-electron chi connectivity index (χ4n) is 3.61. The molecule has 0 bridgehead atoms. The molecule has 1 aromatic carbocycles. The predicted octanol–water partition coefficient (Wildman–Crippen LogP) is 1.32. The summed E-state index contributed by atoms with van der Waals surface area (Å²) in [5, 5.41) is 13.4. The molecule has 0 N–H and O–H groups in total. The Morgan fingerprint density at radius 3 is 2.50 bits per heavy atom. The lowest BCUT2D eigenvalue weighted by Gasteiger charge is -2.34. The van der Waals surface area contributed by atoms with Gasteiger partial charge in [0.05, 0.1) is 16.7 Å². The minimum Gasteiger partial charge on any atom is -0.335 e. The van der Waals surface area contributed by atoms with Crippen LogP contribution in [-0.4, -0.2) is 59.5 Å². The van der Waals surface area contributed by atoms with Gasteiger partial charge >= 0.3 is 0 Å². The van der Waals surface area contributed by atoms with E-state index in [-0.39, 0.29) is 29.5 Å². The molecule has 2 aliphatic rings. The second kappa shape index (κ2) is 7.04. The molecule has 2 aromatic rings. The van der Waals surface area contributed by atoms with Crippen LogP contribution in [0.1, 0.15) is 40.4 Å². The largest absolute Gasteiger partial charge is 0.335 e. The van der Waals surface area contributed by atoms with Gasteiger partial charge in [-0.1, -0.05) is 12.1 Å². The zero-order valence-corrected chi connectivity index (χ0v) is 16.4. The number of hydrogen-bond acceptors (Lipinski definition) is 5. The van der Waals surface area contributed by atoms with Crippen LogP contribution in [0.2, 0.25) is 0 Å². The number of piperazine rings is 1. The van der Waals surface area contributed by atoms with Crippen molar-refractivity contribution in [2.45, 2.75) is 23.7 Å². The Labute approximate surface area is 164 Å². The van der Waals surface area contributed by atoms with E-state index in [1.165, 1.54) is 16.4 Å². The first-order valence-corrected chi connectivity index (χ1v) is 10.7. The Balaban J connectivity index is 1.50. The van der Waals surface area contributed by atoms with E-state index in [0.29, 0.717) is 24.7 Å². The minimum atomic E-state index is -3.77. The molecule has 1 aliphatic heterocycles. The smallest absolute Gasteiger partial charge is 0.272 e. The number of carbonyl (C=O) groups excluding carboxylic acids is 1. The van der Waals surface area contributed by atoms with Crippen LogP contribution in [0, 0.1) is 11.3 Å². The van der Waals surface area contributed by atoms with E-state index in [2.05, 4.69) is 5.10 Å². The first-order valence-electron chi connectivity index (χ1n) is 9.24. The van der Waals surface area contributed by atoms with Crippen LogP contribution in [-0.2, 0) is 17.1 Å². The van der Waals surface area contributed by atoms with Gasteiger partial charge in [0, 0.05) is 38.8 Å². The quantitative estimate of drug-likeness (QED) is 0.772. The number of hydrogen-bond donors (Lipinski definition) is 0. The number of aromatic nitrogens is 2. The highest BCUT2D eigenvalue weighted by molar-refractivity contribution is 7.89. The third-order valence-electron chi connectivity index (χ3n) is 5.34. The average molecular weight is 399 g/mol. The van der Waals surface area contributed by atoms with Gasteiger partial charge < -0.3 is 4.90 Å². The molecule has 1 aliphatic carbocycles. The highest BCUT2D eigenvalue weighted by Gasteiger charge is 2.35. The summed E-state index contributed by atoms with van der Waals surface area (Å²) in [7, 11) is -2.01. The maximum atomic E-state index is 13.0. The van der Waals surface area contributed by atoms with Gasteiger partial charge in [0.25, 0.3) is 5.91 Å². The van der Waals surface area contributed by atoms with Gasteiger partial charge in [-0.3, -0.25) is 9.48 Å². The van der Waals surface area contributed by atoms with Crippen LogP contribution in [0.15, 0.2) is 35.4 Å². The molecule has 1 saturated carbocycles. The van der Waals surface area contributed by atoms with E-state index in [0.717, 1.165) is 18.4 Å². The number of carbonyl (C=O) groups is 1. The van der Waals surface area contributed by atoms with Gasteiger partial charge in [0.2, 0.25) is 10.0 Å². The number of benzene rings is 1. The van der Waals surface area contributed by atoms with Crippen molar-refractivity contribution in [1.29, 1.82) is 5.26 Å². The van der Waals surface area contributed by atoms with Gasteiger partial charge in [-0.05, 0) is 30.9 Å². The maximum Gasteiger partial charge on any atom is 0.272 e. The van der Waals surface area contributed by atoms with E-state index >= 15 is 0 Å². The molecule has 146 valence electrons. The Morgan fingerprint density at radius 2 is 1.86 bits per heavy atom. The molecular weight excluding hydrogens is 378 g/mol. The number of rotatable bonds is 4. The van der Waals surface area contributed by atoms with Crippen molar-refractivity contribution in [2.75, 3.05) is 26.2 Å². The summed E-state index contributed by atoms with van der Waals surface area (Å²) in [6, 6.07) is 8.12. The SMILES string of the molecule is Cn1ncc(C2CC2)c1C(=O)N1CCN(S(=O)(=O)c2ccccc2C#N)CC1. The Bertz CT molecular complexity index is 1060. The van der Waals surface area contributed by atoms with Gasteiger partial charge in [0.15, 0.2) is 0 Å². The third-order valence-corrected chi connectivity index (χ3v) is 7.29. The summed E-state index contributed by atoms with van der Waals surface area (Å²) >= 11 is 0. The molecule has 28 heavy (non-hydrogen) atoms. The zero-order valence-electron chi connectivity index (χ0n) is 15.6. The molecule has 1 saturated heterocycles. The van der Waals surface area contributed by atoms with Gasteiger partial charge in [-0.15, -0.1) is 0 Å². The summed E-state index contributed by atoms with van der Waals surface area (Å²) in [5.74, 6) is 0.313. The van der Waals surface area contributed by atoms with Crippen LogP contribution in [0.3, 0.4) is 0 Å². The van der Waals surface area contributed by atoms with Crippen molar-refractivity contribution in [2.24, 2.45) is 7.05 Å². The van der Waals surface area contributed by atoms with Gasteiger partial charge in [-0.25, -0.2) is 8.42 Å². The van der Waals surface area contributed by atoms with Crippen molar-refractivity contribution in [3.8, 4) is 6.07 Å². The molecule has 0 atom stereocenters. The zero-order chi connectivity index (χ0) is 19.9. The molecule has 0 radical (unpaired) electrons. The minimum absolute atomic E-state index is 0.0138. The fraction of sp³-hybridized carbons (Fsp3) is 0.421. The van der Waals surface area contributed by atoms with E-state index < -0.39 is 10.0 Å². The van der Waals surface area contributed by atoms with Crippen molar-refractivity contribution in [3.05, 3.63) is 47.3 Å². The summed E-state index contributed by atoms with van der Waals surface area (Å²) in [6.45, 7) is 1.01. The van der Waals surface area contributed by atoms with Crippen LogP contribution in [0.25, 0.3) is 0 Å². The molecular formula is C19H21N5O3S. The van der Waals surface area contributed by atoms with Crippen molar-refractivity contribution in [3.63, 3.8) is 0 Å². The predicted molar refractivity (Wildman–Crippen MR) is 101 cm³/mol. The number of amides is 1. The Morgan fingerprint density at radius 1 is 1.18 bits per heavy atom. The highest BCUT2D eigenvalue weighted by Crippen LogP contribution is 2.41. The topological polar surface area (TPSA) is 99.3 Å². The number of aryl methyl sites for hydroxylation is 1. The lowest BCUT2D eigenvalue weighted by Crippen LogP contribution is -2.51. The maximum absolute atomic E-state index is 13.0. The molecule has 1 aromatic heterocycles. The normalized spacial score (nSPS) is 18.1. The van der Waals surface area contributed by atoms with Crippen LogP contribution in [0.5, 0.6) is 0 Å². The van der Waals surface area contributed by atoms with E-state index in [4.69, 9.17) is 0 Å². The molecule has 2 heterocycles. The number of sulfonamides is 1. The highest BCUT2D eigenvalue weighted by atomic mass is 32.2. The second-order valence-electron chi connectivity index (χ2n) is 7.15. The molecule has 9 heteroatoms. The van der Waals surface area contributed by atoms with Crippen molar-refractivity contribution < 1.29 is 13.2 Å². The molecule has 0 unspecified atom stereocenters. The van der Waals surface area contributed by atoms with Gasteiger partial charge in [0.1, 0.15) is 11.8 Å². The van der Waals surface area contributed by atoms with Crippen molar-refractivity contribution in [1.82, 2.24) is 19.0 Å². The Kier molecular flexibility index (Phi) is 4.69. The average Bonchev–Trinajstić information content (AvgIpc) is 3.49. The lowest BCUT2D eigenvalue weighted by molar-refractivity contribution is 0.0685. The molecule has 1 amide bonds. The van der Waals surface area contributed by atoms with Crippen LogP contribution in [0.4, 0.5) is 0 Å². The summed E-state index contributed by atoms with van der Waals surface area (Å²) in [6.07, 6.45) is 3.93. The first kappa shape index (κ1) is 18.7. The van der Waals surface area contributed by atoms with E-state index in [9.17, 15) is 18.5 Å². The van der Waals surface area contributed by atoms with E-state index in [1.807, 2.05) is 6.07 Å². The molecule has 8 nitrogen and oxygen atoms in total. The summed E-state index contributed by atoms with van der Waals surface area (Å²) in [4.78, 5) is 14.7. The monoisotopic (exact) mass is 399 g/mol. The van der Waals surface area contributed by atoms with Crippen LogP contribution >= 0.6 is 0 Å². The number of nitrogens with zero attached hydrogens (tertiary/aromatic N) is 5. The number of nitriles is 1. The fourth-order valence-corrected chi connectivity index (χ4v) is 5.18. The first-order chi connectivity index (χ1) is 13.4. The molecule has 2 fully saturated rings. The third kappa shape index (κ3) is 3.19. The van der Waals surface area contributed by atoms with Crippen molar-refractivity contribution >= 4 is 15.9 Å².